The lowest BCUT2D eigenvalue weighted by atomic mass is 9.95. The number of nitriles is 1. The van der Waals surface area contributed by atoms with Crippen LogP contribution in [0.4, 0.5) is 5.13 Å². The van der Waals surface area contributed by atoms with Crippen molar-refractivity contribution >= 4 is 32.6 Å². The van der Waals surface area contributed by atoms with Crippen molar-refractivity contribution in [3.63, 3.8) is 0 Å². The minimum Gasteiger partial charge on any atom is -0.387 e. The van der Waals surface area contributed by atoms with E-state index in [-0.39, 0.29) is 12.5 Å². The maximum atomic E-state index is 12.9. The Morgan fingerprint density at radius 1 is 1.34 bits per heavy atom. The summed E-state index contributed by atoms with van der Waals surface area (Å²) in [4.78, 5) is 21.0. The van der Waals surface area contributed by atoms with Crippen LogP contribution in [0.2, 0.25) is 0 Å². The molecule has 0 bridgehead atoms. The third kappa shape index (κ3) is 3.66. The molecule has 8 nitrogen and oxygen atoms in total. The van der Waals surface area contributed by atoms with Crippen LogP contribution in [0.15, 0.2) is 30.3 Å². The van der Waals surface area contributed by atoms with E-state index < -0.39 is 12.4 Å². The molecule has 2 atom stereocenters. The van der Waals surface area contributed by atoms with Gasteiger partial charge in [0.1, 0.15) is 0 Å². The number of β-amino-alcohol motifs (C(OH)–C–C–N with tert-alkyl or cyclic N) is 1. The summed E-state index contributed by atoms with van der Waals surface area (Å²) < 4.78 is 6.22. The Kier molecular flexibility index (Phi) is 5.41. The van der Waals surface area contributed by atoms with Gasteiger partial charge in [-0.3, -0.25) is 14.6 Å². The zero-order chi connectivity index (χ0) is 22.4. The summed E-state index contributed by atoms with van der Waals surface area (Å²) in [5.41, 5.74) is 4.64. The van der Waals surface area contributed by atoms with Crippen LogP contribution in [-0.4, -0.2) is 52.2 Å². The number of anilines is 1. The molecule has 3 aromatic rings. The lowest BCUT2D eigenvalue weighted by Crippen LogP contribution is -2.51. The van der Waals surface area contributed by atoms with Crippen molar-refractivity contribution < 1.29 is 19.7 Å². The van der Waals surface area contributed by atoms with Crippen molar-refractivity contribution in [2.24, 2.45) is 0 Å². The summed E-state index contributed by atoms with van der Waals surface area (Å²) in [7, 11) is 0. The van der Waals surface area contributed by atoms with Crippen LogP contribution in [0.25, 0.3) is 10.2 Å². The Labute approximate surface area is 188 Å². The highest BCUT2D eigenvalue weighted by Gasteiger charge is 2.30. The number of ether oxygens (including phenoxy) is 1. The van der Waals surface area contributed by atoms with Crippen LogP contribution < -0.4 is 4.90 Å². The van der Waals surface area contributed by atoms with Crippen molar-refractivity contribution in [1.29, 1.82) is 5.26 Å². The molecule has 3 heterocycles. The van der Waals surface area contributed by atoms with Crippen LogP contribution in [0.5, 0.6) is 0 Å². The molecule has 0 radical (unpaired) electrons. The predicted molar refractivity (Wildman–Crippen MR) is 119 cm³/mol. The van der Waals surface area contributed by atoms with Crippen LogP contribution in [-0.2, 0) is 16.1 Å². The number of aliphatic hydroxyl groups is 2. The lowest BCUT2D eigenvalue weighted by molar-refractivity contribution is -0.121. The minimum absolute atomic E-state index is 0.0646. The van der Waals surface area contributed by atoms with Gasteiger partial charge in [0.05, 0.1) is 41.1 Å². The number of hydrogen-bond acceptors (Lipinski definition) is 8. The molecule has 0 saturated carbocycles. The molecular weight excluding hydrogens is 428 g/mol. The maximum Gasteiger partial charge on any atom is 0.242 e. The van der Waals surface area contributed by atoms with E-state index in [4.69, 9.17) is 10.00 Å². The fraction of sp³-hybridized carbons (Fsp3) is 0.348. The summed E-state index contributed by atoms with van der Waals surface area (Å²) in [5.74, 6) is -0.0646. The normalized spacial score (nSPS) is 19.9. The number of aromatic nitrogens is 1. The Bertz CT molecular complexity index is 1250. The summed E-state index contributed by atoms with van der Waals surface area (Å²) in [6.45, 7) is 3.90. The number of carbonyl (C=O) groups excluding carboxylic acids is 1. The quantitative estimate of drug-likeness (QED) is 0.628. The fourth-order valence-electron chi connectivity index (χ4n) is 4.36. The largest absolute Gasteiger partial charge is 0.387 e. The summed E-state index contributed by atoms with van der Waals surface area (Å²) >= 11 is 1.44. The Morgan fingerprint density at radius 3 is 2.97 bits per heavy atom. The van der Waals surface area contributed by atoms with E-state index >= 15 is 0 Å². The van der Waals surface area contributed by atoms with Gasteiger partial charge >= 0.3 is 0 Å². The number of piperazine rings is 1. The Morgan fingerprint density at radius 2 is 2.19 bits per heavy atom. The van der Waals surface area contributed by atoms with Crippen LogP contribution in [0.3, 0.4) is 0 Å². The van der Waals surface area contributed by atoms with E-state index in [1.807, 2.05) is 24.0 Å². The number of benzene rings is 2. The molecule has 2 aromatic carbocycles. The zero-order valence-corrected chi connectivity index (χ0v) is 18.3. The number of hydrogen-bond donors (Lipinski definition) is 2. The zero-order valence-electron chi connectivity index (χ0n) is 17.5. The lowest BCUT2D eigenvalue weighted by Gasteiger charge is -2.34. The summed E-state index contributed by atoms with van der Waals surface area (Å²) in [6.07, 6.45) is -1.65. The van der Waals surface area contributed by atoms with Gasteiger partial charge in [0.15, 0.2) is 11.4 Å². The molecule has 1 saturated heterocycles. The Balaban J connectivity index is 1.27. The van der Waals surface area contributed by atoms with Crippen molar-refractivity contribution in [2.75, 3.05) is 31.1 Å². The van der Waals surface area contributed by atoms with Gasteiger partial charge in [0, 0.05) is 25.2 Å². The summed E-state index contributed by atoms with van der Waals surface area (Å²) in [5, 5.41) is 30.4. The van der Waals surface area contributed by atoms with Crippen LogP contribution in [0, 0.1) is 18.3 Å². The topological polar surface area (TPSA) is 110 Å². The van der Waals surface area contributed by atoms with E-state index in [2.05, 4.69) is 11.1 Å². The molecule has 9 heteroatoms. The van der Waals surface area contributed by atoms with Crippen LogP contribution in [0.1, 0.15) is 40.2 Å². The number of nitrogens with zero attached hydrogens (tertiary/aromatic N) is 4. The molecule has 2 unspecified atom stereocenters. The van der Waals surface area contributed by atoms with Gasteiger partial charge in [-0.2, -0.15) is 5.26 Å². The van der Waals surface area contributed by atoms with Gasteiger partial charge in [-0.1, -0.05) is 23.5 Å². The highest BCUT2D eigenvalue weighted by atomic mass is 32.1. The molecule has 164 valence electrons. The Hall–Kier alpha value is -2.87. The molecule has 2 N–H and O–H groups in total. The molecule has 32 heavy (non-hydrogen) atoms. The van der Waals surface area contributed by atoms with Crippen LogP contribution >= 0.6 is 11.3 Å². The number of aliphatic hydroxyl groups excluding tert-OH is 2. The standard InChI is InChI=1S/C23H22N4O4S/c1-13-15(3-4-16-17(13)12-31-22(16)30)19(28)10-26-6-7-27(21(29)11-26)23-25-18-8-14(9-24)2-5-20(18)32-23/h2-5,8,19,22,28,30H,6-7,10-12H2,1H3. The molecule has 1 amide bonds. The van der Waals surface area contributed by atoms with Crippen molar-refractivity contribution in [1.82, 2.24) is 9.88 Å². The smallest absolute Gasteiger partial charge is 0.242 e. The van der Waals surface area contributed by atoms with E-state index in [1.54, 1.807) is 23.1 Å². The number of thiazole rings is 1. The molecule has 1 aromatic heterocycles. The number of fused-ring (bicyclic) bond motifs is 2. The van der Waals surface area contributed by atoms with Gasteiger partial charge in [-0.15, -0.1) is 0 Å². The predicted octanol–water partition coefficient (Wildman–Crippen LogP) is 2.38. The second-order valence-electron chi connectivity index (χ2n) is 8.10. The third-order valence-electron chi connectivity index (χ3n) is 6.15. The minimum atomic E-state index is -0.908. The average Bonchev–Trinajstić information content (AvgIpc) is 3.37. The molecule has 0 spiro atoms. The first-order chi connectivity index (χ1) is 15.4. The van der Waals surface area contributed by atoms with Crippen molar-refractivity contribution in [3.8, 4) is 6.07 Å². The van der Waals surface area contributed by atoms with E-state index in [0.29, 0.717) is 36.9 Å². The number of rotatable bonds is 4. The molecule has 0 aliphatic carbocycles. The highest BCUT2D eigenvalue weighted by Crippen LogP contribution is 2.35. The average molecular weight is 451 g/mol. The van der Waals surface area contributed by atoms with Gasteiger partial charge < -0.3 is 14.9 Å². The second-order valence-corrected chi connectivity index (χ2v) is 9.11. The molecule has 5 rings (SSSR count). The SMILES string of the molecule is Cc1c(C(O)CN2CCN(c3nc4cc(C#N)ccc4s3)C(=O)C2)ccc2c1COC2O. The first kappa shape index (κ1) is 21.0. The van der Waals surface area contributed by atoms with E-state index in [0.717, 1.165) is 32.5 Å². The van der Waals surface area contributed by atoms with Crippen molar-refractivity contribution in [3.05, 3.63) is 58.1 Å². The molecular formula is C23H22N4O4S. The first-order valence-electron chi connectivity index (χ1n) is 10.4. The highest BCUT2D eigenvalue weighted by molar-refractivity contribution is 7.22. The molecule has 2 aliphatic rings. The number of amides is 1. The second kappa shape index (κ2) is 8.24. The molecule has 1 fully saturated rings. The fourth-order valence-corrected chi connectivity index (χ4v) is 5.34. The van der Waals surface area contributed by atoms with Gasteiger partial charge in [-0.05, 0) is 41.8 Å². The maximum absolute atomic E-state index is 12.9. The van der Waals surface area contributed by atoms with Crippen molar-refractivity contribution in [2.45, 2.75) is 25.9 Å². The molecule has 2 aliphatic heterocycles. The number of carbonyl (C=O) groups is 1. The van der Waals surface area contributed by atoms with E-state index in [1.165, 1.54) is 11.3 Å². The van der Waals surface area contributed by atoms with E-state index in [9.17, 15) is 15.0 Å². The van der Waals surface area contributed by atoms with Gasteiger partial charge in [0.2, 0.25) is 5.91 Å². The summed E-state index contributed by atoms with van der Waals surface area (Å²) in [6, 6.07) is 11.1. The third-order valence-corrected chi connectivity index (χ3v) is 7.21. The monoisotopic (exact) mass is 450 g/mol. The van der Waals surface area contributed by atoms with Gasteiger partial charge in [0.25, 0.3) is 0 Å². The van der Waals surface area contributed by atoms with Gasteiger partial charge in [-0.25, -0.2) is 4.98 Å². The first-order valence-corrected chi connectivity index (χ1v) is 11.2.